The number of ether oxygens (including phenoxy) is 4. The summed E-state index contributed by atoms with van der Waals surface area (Å²) in [5, 5.41) is 12.1. The molecule has 2 rings (SSSR count). The van der Waals surface area contributed by atoms with Crippen molar-refractivity contribution in [3.63, 3.8) is 0 Å². The molecule has 1 atom stereocenters. The van der Waals surface area contributed by atoms with Crippen molar-refractivity contribution >= 4 is 12.0 Å². The van der Waals surface area contributed by atoms with Crippen LogP contribution in [0.25, 0.3) is 0 Å². The number of nitrogens with zero attached hydrogens (tertiary/aromatic N) is 1. The molecular weight excluding hydrogens is 464 g/mol. The number of hydrogen-bond donors (Lipinski definition) is 2. The van der Waals surface area contributed by atoms with Gasteiger partial charge in [-0.2, -0.15) is 0 Å². The van der Waals surface area contributed by atoms with Crippen molar-refractivity contribution in [1.29, 1.82) is 0 Å². The van der Waals surface area contributed by atoms with Gasteiger partial charge in [0.25, 0.3) is 0 Å². The highest BCUT2D eigenvalue weighted by Gasteiger charge is 2.18. The molecule has 2 aromatic carbocycles. The third-order valence-electron chi connectivity index (χ3n) is 5.32. The fourth-order valence-electron chi connectivity index (χ4n) is 3.43. The van der Waals surface area contributed by atoms with Crippen molar-refractivity contribution in [2.24, 2.45) is 0 Å². The van der Waals surface area contributed by atoms with Crippen LogP contribution in [0.3, 0.4) is 0 Å². The summed E-state index contributed by atoms with van der Waals surface area (Å²) in [6.07, 6.45) is 1.03. The fourth-order valence-corrected chi connectivity index (χ4v) is 3.43. The third-order valence-corrected chi connectivity index (χ3v) is 5.32. The minimum atomic E-state index is -0.979. The standard InChI is InChI=1S/C27H38N2O7/c1-3-34-25(26(30)31)21-22-11-13-24(14-12-22)36-20-17-29(27(32)28-15-19-33-2)16-7-8-18-35-23-9-5-4-6-10-23/h4-6,9-14,25H,3,7-8,15-21H2,1-2H3,(H,28,32)(H,30,31). The van der Waals surface area contributed by atoms with E-state index in [4.69, 9.17) is 18.9 Å². The van der Waals surface area contributed by atoms with E-state index in [2.05, 4.69) is 5.32 Å². The van der Waals surface area contributed by atoms with E-state index in [1.807, 2.05) is 42.5 Å². The number of aliphatic carboxylic acids is 1. The number of carboxylic acid groups (broad SMARTS) is 1. The molecule has 36 heavy (non-hydrogen) atoms. The molecule has 1 unspecified atom stereocenters. The van der Waals surface area contributed by atoms with Crippen molar-refractivity contribution in [2.45, 2.75) is 32.3 Å². The molecule has 0 saturated heterocycles. The number of carbonyl (C=O) groups is 2. The SMILES string of the molecule is CCOC(Cc1ccc(OCCN(CCCCOc2ccccc2)C(=O)NCCOC)cc1)C(=O)O. The van der Waals surface area contributed by atoms with E-state index in [1.54, 1.807) is 31.1 Å². The van der Waals surface area contributed by atoms with Gasteiger partial charge in [-0.05, 0) is 49.6 Å². The third kappa shape index (κ3) is 11.4. The van der Waals surface area contributed by atoms with Gasteiger partial charge in [0.2, 0.25) is 0 Å². The molecule has 0 radical (unpaired) electrons. The van der Waals surface area contributed by atoms with Crippen LogP contribution >= 0.6 is 0 Å². The summed E-state index contributed by atoms with van der Waals surface area (Å²) in [6, 6.07) is 16.7. The number of carboxylic acids is 1. The second-order valence-electron chi connectivity index (χ2n) is 8.06. The fraction of sp³-hybridized carbons (Fsp3) is 0.481. The Balaban J connectivity index is 1.79. The second kappa shape index (κ2) is 17.2. The molecule has 2 aromatic rings. The van der Waals surface area contributed by atoms with E-state index in [1.165, 1.54) is 0 Å². The van der Waals surface area contributed by atoms with Crippen LogP contribution in [0.4, 0.5) is 4.79 Å². The summed E-state index contributed by atoms with van der Waals surface area (Å²) in [6.45, 7) is 4.90. The van der Waals surface area contributed by atoms with Crippen LogP contribution in [0, 0.1) is 0 Å². The number of benzene rings is 2. The molecule has 0 aliphatic rings. The molecular formula is C27H38N2O7. The molecule has 2 amide bonds. The van der Waals surface area contributed by atoms with Crippen LogP contribution in [0.1, 0.15) is 25.3 Å². The average molecular weight is 503 g/mol. The normalized spacial score (nSPS) is 11.5. The van der Waals surface area contributed by atoms with Gasteiger partial charge in [-0.15, -0.1) is 0 Å². The first-order valence-electron chi connectivity index (χ1n) is 12.3. The number of rotatable bonds is 18. The van der Waals surface area contributed by atoms with Gasteiger partial charge >= 0.3 is 12.0 Å². The lowest BCUT2D eigenvalue weighted by Crippen LogP contribution is -2.43. The predicted octanol–water partition coefficient (Wildman–Crippen LogP) is 3.61. The van der Waals surface area contributed by atoms with Crippen LogP contribution in [0.5, 0.6) is 11.5 Å². The minimum absolute atomic E-state index is 0.161. The van der Waals surface area contributed by atoms with E-state index in [9.17, 15) is 14.7 Å². The Bertz CT molecular complexity index is 877. The molecule has 198 valence electrons. The molecule has 0 fully saturated rings. The van der Waals surface area contributed by atoms with Crippen molar-refractivity contribution in [2.75, 3.05) is 53.2 Å². The summed E-state index contributed by atoms with van der Waals surface area (Å²) in [4.78, 5) is 25.6. The Morgan fingerprint density at radius 3 is 2.28 bits per heavy atom. The van der Waals surface area contributed by atoms with Gasteiger partial charge in [-0.1, -0.05) is 30.3 Å². The van der Waals surface area contributed by atoms with Crippen LogP contribution < -0.4 is 14.8 Å². The van der Waals surface area contributed by atoms with E-state index in [-0.39, 0.29) is 12.5 Å². The maximum atomic E-state index is 12.6. The highest BCUT2D eigenvalue weighted by Crippen LogP contribution is 2.15. The largest absolute Gasteiger partial charge is 0.494 e. The van der Waals surface area contributed by atoms with Crippen LogP contribution in [-0.2, 0) is 20.7 Å². The molecule has 9 nitrogen and oxygen atoms in total. The number of carbonyl (C=O) groups excluding carboxylic acids is 1. The van der Waals surface area contributed by atoms with Gasteiger partial charge in [0.15, 0.2) is 6.10 Å². The van der Waals surface area contributed by atoms with E-state index < -0.39 is 12.1 Å². The summed E-state index contributed by atoms with van der Waals surface area (Å²) in [5.41, 5.74) is 0.847. The number of unbranched alkanes of at least 4 members (excludes halogenated alkanes) is 1. The van der Waals surface area contributed by atoms with E-state index in [0.29, 0.717) is 51.8 Å². The number of hydrogen-bond acceptors (Lipinski definition) is 6. The summed E-state index contributed by atoms with van der Waals surface area (Å²) in [5.74, 6) is 0.508. The molecule has 0 saturated carbocycles. The molecule has 0 aromatic heterocycles. The van der Waals surface area contributed by atoms with Crippen LogP contribution in [0.15, 0.2) is 54.6 Å². The van der Waals surface area contributed by atoms with E-state index >= 15 is 0 Å². The molecule has 9 heteroatoms. The smallest absolute Gasteiger partial charge is 0.333 e. The van der Waals surface area contributed by atoms with Gasteiger partial charge in [0.05, 0.1) is 19.8 Å². The molecule has 0 spiro atoms. The highest BCUT2D eigenvalue weighted by atomic mass is 16.5. The number of amides is 2. The van der Waals surface area contributed by atoms with Gasteiger partial charge < -0.3 is 34.3 Å². The van der Waals surface area contributed by atoms with Crippen molar-refractivity contribution in [3.8, 4) is 11.5 Å². The predicted molar refractivity (Wildman–Crippen MR) is 137 cm³/mol. The Morgan fingerprint density at radius 1 is 0.917 bits per heavy atom. The van der Waals surface area contributed by atoms with Gasteiger partial charge in [-0.25, -0.2) is 9.59 Å². The van der Waals surface area contributed by atoms with Gasteiger partial charge in [0, 0.05) is 33.2 Å². The van der Waals surface area contributed by atoms with Crippen LogP contribution in [0.2, 0.25) is 0 Å². The summed E-state index contributed by atoms with van der Waals surface area (Å²) in [7, 11) is 1.59. The number of urea groups is 1. The lowest BCUT2D eigenvalue weighted by molar-refractivity contribution is -0.149. The van der Waals surface area contributed by atoms with Crippen molar-refractivity contribution < 1.29 is 33.6 Å². The molecule has 2 N–H and O–H groups in total. The maximum absolute atomic E-state index is 12.6. The first-order valence-corrected chi connectivity index (χ1v) is 12.3. The number of nitrogens with one attached hydrogen (secondary N) is 1. The van der Waals surface area contributed by atoms with Gasteiger partial charge in [0.1, 0.15) is 18.1 Å². The number of para-hydroxylation sites is 1. The molecule has 0 aliphatic carbocycles. The zero-order chi connectivity index (χ0) is 26.0. The first kappa shape index (κ1) is 28.9. The lowest BCUT2D eigenvalue weighted by atomic mass is 10.1. The highest BCUT2D eigenvalue weighted by molar-refractivity contribution is 5.74. The summed E-state index contributed by atoms with van der Waals surface area (Å²) >= 11 is 0. The Labute approximate surface area is 213 Å². The van der Waals surface area contributed by atoms with Gasteiger partial charge in [-0.3, -0.25) is 0 Å². The Hall–Kier alpha value is -3.30. The molecule has 0 heterocycles. The minimum Gasteiger partial charge on any atom is -0.494 e. The number of methoxy groups -OCH3 is 1. The lowest BCUT2D eigenvalue weighted by Gasteiger charge is -2.23. The van der Waals surface area contributed by atoms with Crippen molar-refractivity contribution in [1.82, 2.24) is 10.2 Å². The Kier molecular flexibility index (Phi) is 13.8. The topological polar surface area (TPSA) is 107 Å². The summed E-state index contributed by atoms with van der Waals surface area (Å²) < 4.78 is 21.8. The molecule has 0 aliphatic heterocycles. The monoisotopic (exact) mass is 502 g/mol. The second-order valence-corrected chi connectivity index (χ2v) is 8.06. The average Bonchev–Trinajstić information content (AvgIpc) is 2.88. The van der Waals surface area contributed by atoms with Crippen molar-refractivity contribution in [3.05, 3.63) is 60.2 Å². The zero-order valence-electron chi connectivity index (χ0n) is 21.2. The quantitative estimate of drug-likeness (QED) is 0.300. The first-order chi connectivity index (χ1) is 17.5. The maximum Gasteiger partial charge on any atom is 0.333 e. The zero-order valence-corrected chi connectivity index (χ0v) is 21.2. The van der Waals surface area contributed by atoms with Crippen LogP contribution in [-0.4, -0.2) is 81.3 Å². The molecule has 0 bridgehead atoms. The Morgan fingerprint density at radius 2 is 1.61 bits per heavy atom. The van der Waals surface area contributed by atoms with E-state index in [0.717, 1.165) is 24.2 Å².